The summed E-state index contributed by atoms with van der Waals surface area (Å²) < 4.78 is 0. The van der Waals surface area contributed by atoms with Crippen LogP contribution in [0.3, 0.4) is 0 Å². The van der Waals surface area contributed by atoms with Crippen LogP contribution in [-0.4, -0.2) is 34.1 Å². The molecule has 96 valence electrons. The molecule has 1 amide bonds. The molecule has 0 aromatic carbocycles. The van der Waals surface area contributed by atoms with Crippen LogP contribution in [0.1, 0.15) is 43.2 Å². The van der Waals surface area contributed by atoms with Gasteiger partial charge < -0.3 is 10.6 Å². The number of anilines is 1. The second-order valence-electron chi connectivity index (χ2n) is 4.47. The van der Waals surface area contributed by atoms with E-state index in [9.17, 15) is 4.79 Å². The maximum absolute atomic E-state index is 12.3. The zero-order valence-electron chi connectivity index (χ0n) is 11.1. The molecule has 0 aliphatic heterocycles. The highest BCUT2D eigenvalue weighted by Crippen LogP contribution is 2.16. The number of carbonyl (C=O) groups is 1. The van der Waals surface area contributed by atoms with Crippen molar-refractivity contribution in [2.75, 3.05) is 18.8 Å². The van der Waals surface area contributed by atoms with Crippen LogP contribution >= 0.6 is 0 Å². The maximum Gasteiger partial charge on any atom is 0.259 e. The molecule has 1 unspecified atom stereocenters. The molecule has 1 aromatic heterocycles. The number of carbonyl (C=O) groups excluding carboxylic acids is 1. The van der Waals surface area contributed by atoms with Crippen molar-refractivity contribution in [1.82, 2.24) is 15.1 Å². The Kier molecular flexibility index (Phi) is 4.54. The number of nitrogens with one attached hydrogen (secondary N) is 1. The maximum atomic E-state index is 12.3. The lowest BCUT2D eigenvalue weighted by Gasteiger charge is -2.24. The number of aromatic nitrogens is 2. The molecule has 5 nitrogen and oxygen atoms in total. The van der Waals surface area contributed by atoms with Crippen molar-refractivity contribution in [2.45, 2.75) is 34.1 Å². The molecule has 0 bridgehead atoms. The molecule has 17 heavy (non-hydrogen) atoms. The van der Waals surface area contributed by atoms with Gasteiger partial charge in [-0.15, -0.1) is 0 Å². The summed E-state index contributed by atoms with van der Waals surface area (Å²) in [6.07, 6.45) is 1.06. The minimum Gasteiger partial charge on any atom is -0.382 e. The number of aryl methyl sites for hydroxylation is 1. The quantitative estimate of drug-likeness (QED) is 0.821. The number of rotatable bonds is 5. The van der Waals surface area contributed by atoms with E-state index in [1.165, 1.54) is 0 Å². The van der Waals surface area contributed by atoms with E-state index in [4.69, 9.17) is 5.73 Å². The minimum absolute atomic E-state index is 0.0310. The largest absolute Gasteiger partial charge is 0.382 e. The number of hydrogen-bond acceptors (Lipinski definition) is 3. The molecule has 1 aromatic rings. The smallest absolute Gasteiger partial charge is 0.259 e. The molecule has 3 N–H and O–H groups in total. The third-order valence-electron chi connectivity index (χ3n) is 3.09. The van der Waals surface area contributed by atoms with E-state index in [1.807, 2.05) is 18.7 Å². The minimum atomic E-state index is -0.0310. The van der Waals surface area contributed by atoms with Gasteiger partial charge in [0.05, 0.1) is 0 Å². The normalized spacial score (nSPS) is 12.5. The Labute approximate surface area is 102 Å². The molecular weight excluding hydrogens is 216 g/mol. The summed E-state index contributed by atoms with van der Waals surface area (Å²) in [6, 6.07) is 0. The second kappa shape index (κ2) is 5.70. The highest BCUT2D eigenvalue weighted by Gasteiger charge is 2.22. The highest BCUT2D eigenvalue weighted by molar-refractivity contribution is 5.99. The summed E-state index contributed by atoms with van der Waals surface area (Å²) in [5.74, 6) is 0.749. The number of nitrogens with two attached hydrogens (primary N) is 1. The lowest BCUT2D eigenvalue weighted by molar-refractivity contribution is 0.0741. The zero-order valence-corrected chi connectivity index (χ0v) is 11.1. The number of nitrogens with zero attached hydrogens (tertiary/aromatic N) is 2. The Balaban J connectivity index is 2.86. The van der Waals surface area contributed by atoms with Gasteiger partial charge in [0.1, 0.15) is 5.56 Å². The predicted molar refractivity (Wildman–Crippen MR) is 68.8 cm³/mol. The van der Waals surface area contributed by atoms with E-state index < -0.39 is 0 Å². The second-order valence-corrected chi connectivity index (χ2v) is 4.47. The zero-order chi connectivity index (χ0) is 13.0. The monoisotopic (exact) mass is 238 g/mol. The molecule has 0 radical (unpaired) electrons. The summed E-state index contributed by atoms with van der Waals surface area (Å²) in [7, 11) is 0. The van der Waals surface area contributed by atoms with E-state index >= 15 is 0 Å². The number of hydrogen-bond donors (Lipinski definition) is 2. The summed E-state index contributed by atoms with van der Waals surface area (Å²) in [5.41, 5.74) is 6.95. The van der Waals surface area contributed by atoms with Crippen molar-refractivity contribution in [1.29, 1.82) is 0 Å². The average Bonchev–Trinajstić information content (AvgIpc) is 2.64. The first-order valence-electron chi connectivity index (χ1n) is 6.10. The standard InChI is InChI=1S/C12H22N4O/c1-5-8(3)7-16(6-2)12(17)10-9(4)14-15-11(10)13/h8H,5-7H2,1-4H3,(H3,13,14,15). The van der Waals surface area contributed by atoms with Crippen molar-refractivity contribution in [3.05, 3.63) is 11.3 Å². The first kappa shape index (κ1) is 13.5. The average molecular weight is 238 g/mol. The Morgan fingerprint density at radius 2 is 2.18 bits per heavy atom. The Hall–Kier alpha value is -1.52. The molecule has 0 fully saturated rings. The first-order chi connectivity index (χ1) is 8.01. The van der Waals surface area contributed by atoms with Gasteiger partial charge in [-0.05, 0) is 19.8 Å². The van der Waals surface area contributed by atoms with Gasteiger partial charge in [0, 0.05) is 18.8 Å². The number of amides is 1. The predicted octanol–water partition coefficient (Wildman–Crippen LogP) is 1.81. The summed E-state index contributed by atoms with van der Waals surface area (Å²) in [5, 5.41) is 6.60. The Morgan fingerprint density at radius 1 is 1.53 bits per heavy atom. The topological polar surface area (TPSA) is 75.0 Å². The van der Waals surface area contributed by atoms with Gasteiger partial charge >= 0.3 is 0 Å². The molecule has 1 atom stereocenters. The van der Waals surface area contributed by atoms with Crippen LogP contribution in [0.15, 0.2) is 0 Å². The fourth-order valence-corrected chi connectivity index (χ4v) is 1.74. The van der Waals surface area contributed by atoms with E-state index in [0.717, 1.165) is 18.7 Å². The van der Waals surface area contributed by atoms with Crippen LogP contribution in [0.2, 0.25) is 0 Å². The van der Waals surface area contributed by atoms with Gasteiger partial charge in [-0.25, -0.2) is 0 Å². The molecule has 0 aliphatic carbocycles. The number of nitrogen functional groups attached to an aromatic ring is 1. The van der Waals surface area contributed by atoms with Crippen LogP contribution in [-0.2, 0) is 0 Å². The Bertz CT molecular complexity index is 366. The van der Waals surface area contributed by atoms with E-state index in [2.05, 4.69) is 24.0 Å². The third kappa shape index (κ3) is 2.99. The molecule has 0 saturated heterocycles. The number of aromatic amines is 1. The summed E-state index contributed by atoms with van der Waals surface area (Å²) in [6.45, 7) is 9.50. The number of H-pyrrole nitrogens is 1. The van der Waals surface area contributed by atoms with Crippen molar-refractivity contribution < 1.29 is 4.79 Å². The van der Waals surface area contributed by atoms with Gasteiger partial charge in [-0.3, -0.25) is 9.89 Å². The van der Waals surface area contributed by atoms with Crippen LogP contribution < -0.4 is 5.73 Å². The van der Waals surface area contributed by atoms with Gasteiger partial charge in [0.15, 0.2) is 5.82 Å². The highest BCUT2D eigenvalue weighted by atomic mass is 16.2. The fourth-order valence-electron chi connectivity index (χ4n) is 1.74. The van der Waals surface area contributed by atoms with Gasteiger partial charge in [0.2, 0.25) is 0 Å². The van der Waals surface area contributed by atoms with E-state index in [1.54, 1.807) is 0 Å². The Morgan fingerprint density at radius 3 is 2.59 bits per heavy atom. The lowest BCUT2D eigenvalue weighted by atomic mass is 10.1. The van der Waals surface area contributed by atoms with Crippen LogP contribution in [0.5, 0.6) is 0 Å². The van der Waals surface area contributed by atoms with Gasteiger partial charge in [-0.1, -0.05) is 20.3 Å². The van der Waals surface area contributed by atoms with Crippen LogP contribution in [0.4, 0.5) is 5.82 Å². The molecule has 5 heteroatoms. The van der Waals surface area contributed by atoms with Crippen molar-refractivity contribution in [3.8, 4) is 0 Å². The molecular formula is C12H22N4O. The molecule has 0 saturated carbocycles. The summed E-state index contributed by atoms with van der Waals surface area (Å²) >= 11 is 0. The first-order valence-corrected chi connectivity index (χ1v) is 6.10. The van der Waals surface area contributed by atoms with Gasteiger partial charge in [0.25, 0.3) is 5.91 Å². The van der Waals surface area contributed by atoms with Crippen molar-refractivity contribution in [2.24, 2.45) is 5.92 Å². The van der Waals surface area contributed by atoms with Gasteiger partial charge in [-0.2, -0.15) is 5.10 Å². The molecule has 0 spiro atoms. The SMILES string of the molecule is CCC(C)CN(CC)C(=O)c1c(N)n[nH]c1C. The van der Waals surface area contributed by atoms with Crippen LogP contribution in [0, 0.1) is 12.8 Å². The van der Waals surface area contributed by atoms with E-state index in [0.29, 0.717) is 18.0 Å². The van der Waals surface area contributed by atoms with Crippen molar-refractivity contribution in [3.63, 3.8) is 0 Å². The summed E-state index contributed by atoms with van der Waals surface area (Å²) in [4.78, 5) is 14.1. The molecule has 1 rings (SSSR count). The lowest BCUT2D eigenvalue weighted by Crippen LogP contribution is -2.35. The molecule has 0 aliphatic rings. The third-order valence-corrected chi connectivity index (χ3v) is 3.09. The van der Waals surface area contributed by atoms with Crippen molar-refractivity contribution >= 4 is 11.7 Å². The fraction of sp³-hybridized carbons (Fsp3) is 0.667. The molecule has 1 heterocycles. The van der Waals surface area contributed by atoms with E-state index in [-0.39, 0.29) is 11.7 Å². The van der Waals surface area contributed by atoms with Crippen LogP contribution in [0.25, 0.3) is 0 Å².